The molecule has 0 amide bonds. The first-order valence-electron chi connectivity index (χ1n) is 8.40. The van der Waals surface area contributed by atoms with Gasteiger partial charge in [-0.3, -0.25) is 0 Å². The van der Waals surface area contributed by atoms with Gasteiger partial charge in [0, 0.05) is 0 Å². The SMILES string of the molecule is CC1CC(C)CC(C)C1.CC1CCCC(C)C1C. The highest BCUT2D eigenvalue weighted by Gasteiger charge is 2.22. The lowest BCUT2D eigenvalue weighted by atomic mass is 9.75. The van der Waals surface area contributed by atoms with Crippen LogP contribution < -0.4 is 0 Å². The van der Waals surface area contributed by atoms with Gasteiger partial charge in [-0.1, -0.05) is 60.8 Å². The molecule has 2 rings (SSSR count). The monoisotopic (exact) mass is 252 g/mol. The molecule has 0 heterocycles. The van der Waals surface area contributed by atoms with Gasteiger partial charge >= 0.3 is 0 Å². The van der Waals surface area contributed by atoms with Gasteiger partial charge in [0.25, 0.3) is 0 Å². The van der Waals surface area contributed by atoms with Crippen molar-refractivity contribution < 1.29 is 0 Å². The maximum absolute atomic E-state index is 2.40. The molecule has 2 unspecified atom stereocenters. The van der Waals surface area contributed by atoms with Crippen LogP contribution in [-0.2, 0) is 0 Å². The minimum absolute atomic E-state index is 0.971. The molecule has 0 aromatic heterocycles. The molecule has 0 radical (unpaired) electrons. The van der Waals surface area contributed by atoms with Crippen molar-refractivity contribution in [2.45, 2.75) is 80.1 Å². The molecule has 0 aliphatic heterocycles. The second-order valence-corrected chi connectivity index (χ2v) is 7.77. The van der Waals surface area contributed by atoms with Crippen LogP contribution in [-0.4, -0.2) is 0 Å². The number of hydrogen-bond acceptors (Lipinski definition) is 0. The van der Waals surface area contributed by atoms with Crippen LogP contribution >= 0.6 is 0 Å². The molecule has 2 aliphatic rings. The summed E-state index contributed by atoms with van der Waals surface area (Å²) in [6.45, 7) is 14.3. The van der Waals surface area contributed by atoms with E-state index in [9.17, 15) is 0 Å². The van der Waals surface area contributed by atoms with E-state index in [1.807, 2.05) is 0 Å². The maximum Gasteiger partial charge on any atom is -0.0391 e. The van der Waals surface area contributed by atoms with Crippen LogP contribution in [0.2, 0.25) is 0 Å². The molecule has 2 saturated carbocycles. The molecule has 0 spiro atoms. The first kappa shape index (κ1) is 16.1. The second-order valence-electron chi connectivity index (χ2n) is 7.77. The smallest absolute Gasteiger partial charge is 0.0391 e. The topological polar surface area (TPSA) is 0 Å². The van der Waals surface area contributed by atoms with Gasteiger partial charge in [-0.15, -0.1) is 0 Å². The lowest BCUT2D eigenvalue weighted by Crippen LogP contribution is -2.21. The van der Waals surface area contributed by atoms with E-state index in [2.05, 4.69) is 41.5 Å². The lowest BCUT2D eigenvalue weighted by molar-refractivity contribution is 0.197. The van der Waals surface area contributed by atoms with Crippen LogP contribution in [0.15, 0.2) is 0 Å². The van der Waals surface area contributed by atoms with Gasteiger partial charge in [0.15, 0.2) is 0 Å². The van der Waals surface area contributed by atoms with Crippen molar-refractivity contribution in [3.63, 3.8) is 0 Å². The molecule has 2 aliphatic carbocycles. The average Bonchev–Trinajstić information content (AvgIpc) is 2.24. The van der Waals surface area contributed by atoms with Crippen molar-refractivity contribution in [3.8, 4) is 0 Å². The van der Waals surface area contributed by atoms with Gasteiger partial charge in [0.05, 0.1) is 0 Å². The summed E-state index contributed by atoms with van der Waals surface area (Å²) >= 11 is 0. The standard InChI is InChI=1S/2C9H18/c1-7-4-8(2)6-9(3)5-7;1-7-5-4-6-8(2)9(7)3/h2*7-9H,4-6H2,1-3H3. The van der Waals surface area contributed by atoms with Gasteiger partial charge < -0.3 is 0 Å². The van der Waals surface area contributed by atoms with Gasteiger partial charge in [-0.05, 0) is 54.8 Å². The van der Waals surface area contributed by atoms with Crippen LogP contribution in [0.3, 0.4) is 0 Å². The Kier molecular flexibility index (Phi) is 6.74. The van der Waals surface area contributed by atoms with Crippen LogP contribution in [0.5, 0.6) is 0 Å². The summed E-state index contributed by atoms with van der Waals surface area (Å²) in [4.78, 5) is 0. The minimum Gasteiger partial charge on any atom is -0.0625 e. The van der Waals surface area contributed by atoms with Crippen molar-refractivity contribution in [1.29, 1.82) is 0 Å². The predicted molar refractivity (Wildman–Crippen MR) is 82.7 cm³/mol. The first-order chi connectivity index (χ1) is 8.40. The van der Waals surface area contributed by atoms with Crippen molar-refractivity contribution in [3.05, 3.63) is 0 Å². The Morgan fingerprint density at radius 1 is 0.556 bits per heavy atom. The van der Waals surface area contributed by atoms with Crippen molar-refractivity contribution in [2.75, 3.05) is 0 Å². The van der Waals surface area contributed by atoms with E-state index < -0.39 is 0 Å². The summed E-state index contributed by atoms with van der Waals surface area (Å²) in [5.74, 6) is 5.90. The van der Waals surface area contributed by atoms with Crippen LogP contribution in [0.25, 0.3) is 0 Å². The molecule has 0 bridgehead atoms. The predicted octanol–water partition coefficient (Wildman–Crippen LogP) is 6.16. The summed E-state index contributed by atoms with van der Waals surface area (Å²) in [5, 5.41) is 0. The number of hydrogen-bond donors (Lipinski definition) is 0. The normalized spacial score (nSPS) is 45.0. The van der Waals surface area contributed by atoms with Crippen molar-refractivity contribution >= 4 is 0 Å². The Bertz CT molecular complexity index is 185. The summed E-state index contributed by atoms with van der Waals surface area (Å²) in [5.41, 5.74) is 0. The van der Waals surface area contributed by atoms with Crippen molar-refractivity contribution in [2.24, 2.45) is 35.5 Å². The molecule has 18 heavy (non-hydrogen) atoms. The Balaban J connectivity index is 0.000000180. The lowest BCUT2D eigenvalue weighted by Gasteiger charge is -2.31. The zero-order chi connectivity index (χ0) is 13.7. The highest BCUT2D eigenvalue weighted by Crippen LogP contribution is 2.33. The molecule has 0 nitrogen and oxygen atoms in total. The molecule has 0 aromatic carbocycles. The highest BCUT2D eigenvalue weighted by molar-refractivity contribution is 4.73. The number of rotatable bonds is 0. The molecular formula is C18H36. The Morgan fingerprint density at radius 3 is 1.17 bits per heavy atom. The van der Waals surface area contributed by atoms with Gasteiger partial charge in [0.2, 0.25) is 0 Å². The molecule has 0 N–H and O–H groups in total. The third-order valence-corrected chi connectivity index (χ3v) is 5.53. The Morgan fingerprint density at radius 2 is 0.889 bits per heavy atom. The maximum atomic E-state index is 2.40. The molecule has 0 saturated heterocycles. The van der Waals surface area contributed by atoms with Gasteiger partial charge in [0.1, 0.15) is 0 Å². The first-order valence-corrected chi connectivity index (χ1v) is 8.40. The van der Waals surface area contributed by atoms with Crippen LogP contribution in [0.4, 0.5) is 0 Å². The van der Waals surface area contributed by atoms with Gasteiger partial charge in [-0.25, -0.2) is 0 Å². The Labute approximate surface area is 116 Å². The van der Waals surface area contributed by atoms with E-state index in [0.29, 0.717) is 0 Å². The molecule has 2 fully saturated rings. The fourth-order valence-corrected chi connectivity index (χ4v) is 4.20. The largest absolute Gasteiger partial charge is 0.0625 e. The molecular weight excluding hydrogens is 216 g/mol. The fraction of sp³-hybridized carbons (Fsp3) is 1.00. The zero-order valence-corrected chi connectivity index (χ0v) is 13.7. The summed E-state index contributed by atoms with van der Waals surface area (Å²) in [6.07, 6.45) is 8.78. The van der Waals surface area contributed by atoms with E-state index >= 15 is 0 Å². The minimum atomic E-state index is 0.971. The van der Waals surface area contributed by atoms with Crippen molar-refractivity contribution in [1.82, 2.24) is 0 Å². The second kappa shape index (κ2) is 7.56. The molecule has 108 valence electrons. The van der Waals surface area contributed by atoms with E-state index in [0.717, 1.165) is 35.5 Å². The molecule has 0 aromatic rings. The van der Waals surface area contributed by atoms with E-state index in [-0.39, 0.29) is 0 Å². The zero-order valence-electron chi connectivity index (χ0n) is 13.7. The van der Waals surface area contributed by atoms with E-state index in [4.69, 9.17) is 0 Å². The highest BCUT2D eigenvalue weighted by atomic mass is 14.3. The third-order valence-electron chi connectivity index (χ3n) is 5.53. The molecule has 0 heteroatoms. The third kappa shape index (κ3) is 5.33. The molecule has 2 atom stereocenters. The summed E-state index contributed by atoms with van der Waals surface area (Å²) < 4.78 is 0. The quantitative estimate of drug-likeness (QED) is 0.484. The summed E-state index contributed by atoms with van der Waals surface area (Å²) in [6, 6.07) is 0. The van der Waals surface area contributed by atoms with E-state index in [1.54, 1.807) is 0 Å². The Hall–Kier alpha value is 0. The fourth-order valence-electron chi connectivity index (χ4n) is 4.20. The van der Waals surface area contributed by atoms with Crippen LogP contribution in [0, 0.1) is 35.5 Å². The van der Waals surface area contributed by atoms with Gasteiger partial charge in [-0.2, -0.15) is 0 Å². The average molecular weight is 252 g/mol. The summed E-state index contributed by atoms with van der Waals surface area (Å²) in [7, 11) is 0. The van der Waals surface area contributed by atoms with Crippen LogP contribution in [0.1, 0.15) is 80.1 Å². The van der Waals surface area contributed by atoms with E-state index in [1.165, 1.54) is 38.5 Å².